The molecule has 0 radical (unpaired) electrons. The molecule has 0 aromatic rings. The molecular weight excluding hydrogens is 316 g/mol. The molecule has 4 N–H and O–H groups in total. The summed E-state index contributed by atoms with van der Waals surface area (Å²) in [6.07, 6.45) is -0.941. The van der Waals surface area contributed by atoms with Crippen LogP contribution in [0.4, 0.5) is 0 Å². The first kappa shape index (κ1) is 22.5. The molecule has 4 atom stereocenters. The van der Waals surface area contributed by atoms with Crippen LogP contribution >= 0.6 is 0 Å². The fourth-order valence-electron chi connectivity index (χ4n) is 2.14. The van der Waals surface area contributed by atoms with Gasteiger partial charge in [-0.15, -0.1) is 0 Å². The first-order valence-electron chi connectivity index (χ1n) is 8.01. The van der Waals surface area contributed by atoms with Gasteiger partial charge in [-0.25, -0.2) is 0 Å². The highest BCUT2D eigenvalue weighted by Gasteiger charge is 2.18. The number of rotatable bonds is 10. The van der Waals surface area contributed by atoms with Crippen molar-refractivity contribution >= 4 is 11.8 Å². The second-order valence-corrected chi connectivity index (χ2v) is 6.22. The maximum absolute atomic E-state index is 12.1. The molecule has 4 unspecified atom stereocenters. The topological polar surface area (TPSA) is 122 Å². The highest BCUT2D eigenvalue weighted by atomic mass is 16.3. The number of hydrogen-bond donors (Lipinski definition) is 4. The second kappa shape index (κ2) is 11.1. The lowest BCUT2D eigenvalue weighted by Crippen LogP contribution is -2.41. The smallest absolute Gasteiger partial charge is 0.246 e. The van der Waals surface area contributed by atoms with Crippen LogP contribution in [0.1, 0.15) is 27.7 Å². The molecule has 0 fully saturated rings. The molecule has 0 aromatic carbocycles. The minimum Gasteiger partial charge on any atom is -0.392 e. The number of hydrogen-bond acceptors (Lipinski definition) is 6. The molecule has 2 amide bonds. The van der Waals surface area contributed by atoms with E-state index >= 15 is 0 Å². The minimum absolute atomic E-state index is 0.0350. The lowest BCUT2D eigenvalue weighted by Gasteiger charge is -2.25. The van der Waals surface area contributed by atoms with E-state index in [1.54, 1.807) is 0 Å². The summed E-state index contributed by atoms with van der Waals surface area (Å²) in [5.41, 5.74) is 0. The van der Waals surface area contributed by atoms with Gasteiger partial charge in [0.15, 0.2) is 0 Å². The zero-order valence-corrected chi connectivity index (χ0v) is 14.8. The van der Waals surface area contributed by atoms with Crippen LogP contribution in [0.5, 0.6) is 0 Å². The van der Waals surface area contributed by atoms with Crippen molar-refractivity contribution in [1.29, 1.82) is 0 Å². The summed E-state index contributed by atoms with van der Waals surface area (Å²) in [6.45, 7) is 6.21. The zero-order valence-electron chi connectivity index (χ0n) is 14.8. The van der Waals surface area contributed by atoms with E-state index in [0.717, 1.165) is 12.2 Å². The summed E-state index contributed by atoms with van der Waals surface area (Å²) >= 11 is 0. The summed E-state index contributed by atoms with van der Waals surface area (Å²) in [5, 5.41) is 37.7. The van der Waals surface area contributed by atoms with Gasteiger partial charge in [0, 0.05) is 38.3 Å². The molecule has 0 aromatic heterocycles. The predicted molar refractivity (Wildman–Crippen MR) is 89.0 cm³/mol. The normalized spacial score (nSPS) is 16.5. The van der Waals surface area contributed by atoms with Crippen molar-refractivity contribution in [3.8, 4) is 0 Å². The fraction of sp³-hybridized carbons (Fsp3) is 0.750. The van der Waals surface area contributed by atoms with E-state index in [2.05, 4.69) is 0 Å². The Hall–Kier alpha value is -1.48. The van der Waals surface area contributed by atoms with Gasteiger partial charge in [-0.3, -0.25) is 9.59 Å². The van der Waals surface area contributed by atoms with Crippen molar-refractivity contribution in [2.45, 2.75) is 52.1 Å². The zero-order chi connectivity index (χ0) is 18.9. The van der Waals surface area contributed by atoms with E-state index in [4.69, 9.17) is 0 Å². The Labute approximate surface area is 143 Å². The maximum atomic E-state index is 12.1. The van der Waals surface area contributed by atoms with Crippen molar-refractivity contribution in [2.24, 2.45) is 0 Å². The predicted octanol–water partition coefficient (Wildman–Crippen LogP) is -1.28. The van der Waals surface area contributed by atoms with Gasteiger partial charge < -0.3 is 30.2 Å². The third-order valence-corrected chi connectivity index (χ3v) is 2.93. The van der Waals surface area contributed by atoms with Crippen molar-refractivity contribution in [2.75, 3.05) is 26.2 Å². The van der Waals surface area contributed by atoms with E-state index in [1.165, 1.54) is 37.5 Å². The van der Waals surface area contributed by atoms with Gasteiger partial charge in [0.1, 0.15) is 0 Å². The minimum atomic E-state index is -0.765. The summed E-state index contributed by atoms with van der Waals surface area (Å²) in [4.78, 5) is 26.8. The molecule has 0 spiro atoms. The molecule has 0 saturated carbocycles. The maximum Gasteiger partial charge on any atom is 0.246 e. The Kier molecular flexibility index (Phi) is 10.5. The van der Waals surface area contributed by atoms with E-state index in [0.29, 0.717) is 0 Å². The molecule has 0 bridgehead atoms. The Balaban J connectivity index is 4.94. The van der Waals surface area contributed by atoms with Crippen LogP contribution in [-0.2, 0) is 9.59 Å². The molecule has 24 heavy (non-hydrogen) atoms. The Bertz CT molecular complexity index is 363. The molecule has 8 nitrogen and oxygen atoms in total. The number of nitrogens with zero attached hydrogens (tertiary/aromatic N) is 2. The van der Waals surface area contributed by atoms with E-state index in [9.17, 15) is 30.0 Å². The Morgan fingerprint density at radius 2 is 0.875 bits per heavy atom. The third-order valence-electron chi connectivity index (χ3n) is 2.93. The molecule has 0 aliphatic carbocycles. The van der Waals surface area contributed by atoms with Gasteiger partial charge in [0.25, 0.3) is 0 Å². The average Bonchev–Trinajstić information content (AvgIpc) is 2.40. The van der Waals surface area contributed by atoms with Crippen molar-refractivity contribution in [3.05, 3.63) is 12.2 Å². The van der Waals surface area contributed by atoms with E-state index in [1.807, 2.05) is 0 Å². The molecule has 0 aliphatic heterocycles. The standard InChI is InChI=1S/C16H30N2O6/c1-11(19)7-17(8-12(2)20)15(23)5-6-16(24)18(9-13(3)21)10-14(4)22/h5-6,11-14,19-22H,7-10H2,1-4H3/b6-5+. The molecule has 140 valence electrons. The first-order valence-corrected chi connectivity index (χ1v) is 8.01. The van der Waals surface area contributed by atoms with Gasteiger partial charge in [0.2, 0.25) is 11.8 Å². The second-order valence-electron chi connectivity index (χ2n) is 6.22. The number of aliphatic hydroxyl groups excluding tert-OH is 4. The third kappa shape index (κ3) is 10.3. The molecule has 0 heterocycles. The number of amides is 2. The Morgan fingerprint density at radius 3 is 1.04 bits per heavy atom. The van der Waals surface area contributed by atoms with E-state index < -0.39 is 36.2 Å². The largest absolute Gasteiger partial charge is 0.392 e. The average molecular weight is 346 g/mol. The fourth-order valence-corrected chi connectivity index (χ4v) is 2.14. The quantitative estimate of drug-likeness (QED) is 0.366. The SMILES string of the molecule is CC(O)CN(CC(C)O)C(=O)/C=C/C(=O)N(CC(C)O)CC(C)O. The van der Waals surface area contributed by atoms with Crippen LogP contribution in [-0.4, -0.2) is 92.6 Å². The lowest BCUT2D eigenvalue weighted by atomic mass is 10.2. The number of aliphatic hydroxyl groups is 4. The van der Waals surface area contributed by atoms with Crippen LogP contribution in [0.25, 0.3) is 0 Å². The van der Waals surface area contributed by atoms with Crippen LogP contribution in [0.3, 0.4) is 0 Å². The molecule has 0 rings (SSSR count). The van der Waals surface area contributed by atoms with Gasteiger partial charge in [-0.2, -0.15) is 0 Å². The highest BCUT2D eigenvalue weighted by molar-refractivity contribution is 5.96. The molecule has 0 aliphatic rings. The summed E-state index contributed by atoms with van der Waals surface area (Å²) in [7, 11) is 0. The van der Waals surface area contributed by atoms with Gasteiger partial charge in [0.05, 0.1) is 24.4 Å². The summed E-state index contributed by atoms with van der Waals surface area (Å²) in [5.74, 6) is -1.03. The van der Waals surface area contributed by atoms with Crippen molar-refractivity contribution in [3.63, 3.8) is 0 Å². The number of carbonyl (C=O) groups is 2. The van der Waals surface area contributed by atoms with Gasteiger partial charge in [-0.1, -0.05) is 0 Å². The van der Waals surface area contributed by atoms with Crippen molar-refractivity contribution < 1.29 is 30.0 Å². The summed E-state index contributed by atoms with van der Waals surface area (Å²) < 4.78 is 0. The highest BCUT2D eigenvalue weighted by Crippen LogP contribution is 2.01. The summed E-state index contributed by atoms with van der Waals surface area (Å²) in [6, 6.07) is 0. The molecule has 0 saturated heterocycles. The van der Waals surface area contributed by atoms with Crippen molar-refractivity contribution in [1.82, 2.24) is 9.80 Å². The van der Waals surface area contributed by atoms with Gasteiger partial charge >= 0.3 is 0 Å². The molecule has 8 heteroatoms. The van der Waals surface area contributed by atoms with Crippen LogP contribution in [0.2, 0.25) is 0 Å². The first-order chi connectivity index (χ1) is 11.0. The number of carbonyl (C=O) groups excluding carboxylic acids is 2. The van der Waals surface area contributed by atoms with Gasteiger partial charge in [-0.05, 0) is 27.7 Å². The van der Waals surface area contributed by atoms with Crippen LogP contribution in [0.15, 0.2) is 12.2 Å². The Morgan fingerprint density at radius 1 is 0.667 bits per heavy atom. The molecular formula is C16H30N2O6. The van der Waals surface area contributed by atoms with Crippen LogP contribution in [0, 0.1) is 0 Å². The van der Waals surface area contributed by atoms with E-state index in [-0.39, 0.29) is 26.2 Å². The van der Waals surface area contributed by atoms with Crippen LogP contribution < -0.4 is 0 Å². The lowest BCUT2D eigenvalue weighted by molar-refractivity contribution is -0.130. The monoisotopic (exact) mass is 346 g/mol.